The first-order valence-electron chi connectivity index (χ1n) is 9.30. The summed E-state index contributed by atoms with van der Waals surface area (Å²) in [7, 11) is 2.59. The molecular weight excluding hydrogens is 372 g/mol. The molecule has 0 saturated heterocycles. The Hall–Kier alpha value is -3.02. The summed E-state index contributed by atoms with van der Waals surface area (Å²) in [6, 6.07) is 7.08. The maximum Gasteiger partial charge on any atom is 0.306 e. The van der Waals surface area contributed by atoms with Gasteiger partial charge in [-0.15, -0.1) is 0 Å². The van der Waals surface area contributed by atoms with E-state index in [4.69, 9.17) is 9.47 Å². The van der Waals surface area contributed by atoms with Crippen molar-refractivity contribution in [1.29, 1.82) is 0 Å². The van der Waals surface area contributed by atoms with Gasteiger partial charge in [-0.3, -0.25) is 9.59 Å². The van der Waals surface area contributed by atoms with E-state index in [9.17, 15) is 19.8 Å². The Balaban J connectivity index is 2.90. The van der Waals surface area contributed by atoms with Gasteiger partial charge in [-0.25, -0.2) is 0 Å². The van der Waals surface area contributed by atoms with Crippen LogP contribution in [-0.4, -0.2) is 36.4 Å². The number of aryl methyl sites for hydroxylation is 4. The molecule has 0 unspecified atom stereocenters. The minimum absolute atomic E-state index is 0.105. The Morgan fingerprint density at radius 2 is 1.00 bits per heavy atom. The Morgan fingerprint density at radius 1 is 0.724 bits per heavy atom. The van der Waals surface area contributed by atoms with Gasteiger partial charge >= 0.3 is 11.9 Å². The zero-order valence-electron chi connectivity index (χ0n) is 17.8. The van der Waals surface area contributed by atoms with Crippen molar-refractivity contribution < 1.29 is 29.3 Å². The normalized spacial score (nSPS) is 11.2. The van der Waals surface area contributed by atoms with Crippen LogP contribution in [-0.2, 0) is 24.5 Å². The molecule has 0 spiro atoms. The highest BCUT2D eigenvalue weighted by atomic mass is 16.5. The molecule has 156 valence electrons. The van der Waals surface area contributed by atoms with Crippen LogP contribution in [0.4, 0.5) is 0 Å². The van der Waals surface area contributed by atoms with E-state index in [2.05, 4.69) is 0 Å². The summed E-state index contributed by atoms with van der Waals surface area (Å²) in [6.07, 6.45) is -0.210. The molecule has 0 fully saturated rings. The fourth-order valence-corrected chi connectivity index (χ4v) is 3.74. The van der Waals surface area contributed by atoms with E-state index in [0.29, 0.717) is 33.4 Å². The first-order valence-corrected chi connectivity index (χ1v) is 9.30. The summed E-state index contributed by atoms with van der Waals surface area (Å²) in [5.74, 6) is -0.643. The second-order valence-electron chi connectivity index (χ2n) is 7.51. The molecular formula is C23H28O6. The van der Waals surface area contributed by atoms with Gasteiger partial charge in [0, 0.05) is 5.41 Å². The molecule has 0 aliphatic rings. The second-order valence-corrected chi connectivity index (χ2v) is 7.51. The lowest BCUT2D eigenvalue weighted by Crippen LogP contribution is -2.35. The van der Waals surface area contributed by atoms with Crippen molar-refractivity contribution >= 4 is 11.9 Å². The first-order chi connectivity index (χ1) is 13.5. The summed E-state index contributed by atoms with van der Waals surface area (Å²) in [6.45, 7) is 7.06. The third-order valence-electron chi connectivity index (χ3n) is 5.43. The number of phenols is 2. The van der Waals surface area contributed by atoms with Crippen LogP contribution in [0.3, 0.4) is 0 Å². The van der Waals surface area contributed by atoms with E-state index in [1.807, 2.05) is 0 Å². The fourth-order valence-electron chi connectivity index (χ4n) is 3.74. The standard InChI is InChI=1S/C23H28O6/c1-13-7-17(8-14(2)21(13)26)23(11-19(24)28-5,12-20(25)29-6)18-9-15(3)22(27)16(4)10-18/h7-10,26-27H,11-12H2,1-6H3. The lowest BCUT2D eigenvalue weighted by atomic mass is 9.68. The number of carbonyl (C=O) groups is 2. The fraction of sp³-hybridized carbons (Fsp3) is 0.391. The quantitative estimate of drug-likeness (QED) is 0.718. The largest absolute Gasteiger partial charge is 0.507 e. The van der Waals surface area contributed by atoms with Crippen molar-refractivity contribution in [3.05, 3.63) is 57.6 Å². The van der Waals surface area contributed by atoms with E-state index in [1.54, 1.807) is 52.0 Å². The smallest absolute Gasteiger partial charge is 0.306 e. The van der Waals surface area contributed by atoms with Gasteiger partial charge in [0.1, 0.15) is 11.5 Å². The molecule has 0 radical (unpaired) electrons. The van der Waals surface area contributed by atoms with E-state index < -0.39 is 17.4 Å². The molecule has 0 heterocycles. The summed E-state index contributed by atoms with van der Waals surface area (Å²) in [5, 5.41) is 20.5. The van der Waals surface area contributed by atoms with Gasteiger partial charge in [-0.1, -0.05) is 24.3 Å². The molecule has 0 aliphatic carbocycles. The van der Waals surface area contributed by atoms with Crippen LogP contribution in [0.5, 0.6) is 11.5 Å². The van der Waals surface area contributed by atoms with Crippen LogP contribution < -0.4 is 0 Å². The molecule has 0 aromatic heterocycles. The van der Waals surface area contributed by atoms with E-state index >= 15 is 0 Å². The maximum absolute atomic E-state index is 12.4. The number of carbonyl (C=O) groups excluding carboxylic acids is 2. The maximum atomic E-state index is 12.4. The molecule has 6 nitrogen and oxygen atoms in total. The molecule has 0 atom stereocenters. The lowest BCUT2D eigenvalue weighted by molar-refractivity contribution is -0.144. The number of benzene rings is 2. The average Bonchev–Trinajstić information content (AvgIpc) is 2.68. The number of phenolic OH excluding ortho intramolecular Hbond substituents is 2. The number of hydrogen-bond acceptors (Lipinski definition) is 6. The second kappa shape index (κ2) is 8.55. The molecule has 0 bridgehead atoms. The Labute approximate surface area is 171 Å². The highest BCUT2D eigenvalue weighted by molar-refractivity contribution is 5.78. The Bertz CT molecular complexity index is 821. The zero-order chi connectivity index (χ0) is 21.9. The van der Waals surface area contributed by atoms with Gasteiger partial charge < -0.3 is 19.7 Å². The number of hydrogen-bond donors (Lipinski definition) is 2. The highest BCUT2D eigenvalue weighted by Crippen LogP contribution is 2.43. The van der Waals surface area contributed by atoms with Crippen molar-refractivity contribution in [2.24, 2.45) is 0 Å². The highest BCUT2D eigenvalue weighted by Gasteiger charge is 2.41. The van der Waals surface area contributed by atoms with Crippen LogP contribution in [0.25, 0.3) is 0 Å². The predicted molar refractivity (Wildman–Crippen MR) is 109 cm³/mol. The number of methoxy groups -OCH3 is 2. The van der Waals surface area contributed by atoms with Gasteiger partial charge in [0.25, 0.3) is 0 Å². The van der Waals surface area contributed by atoms with E-state index in [1.165, 1.54) is 14.2 Å². The molecule has 2 aromatic carbocycles. The molecule has 0 saturated carbocycles. The lowest BCUT2D eigenvalue weighted by Gasteiger charge is -2.34. The molecule has 2 N–H and O–H groups in total. The van der Waals surface area contributed by atoms with Crippen molar-refractivity contribution in [2.75, 3.05) is 14.2 Å². The molecule has 0 aliphatic heterocycles. The summed E-state index contributed by atoms with van der Waals surface area (Å²) in [4.78, 5) is 24.9. The minimum Gasteiger partial charge on any atom is -0.507 e. The third-order valence-corrected chi connectivity index (χ3v) is 5.43. The molecule has 2 aromatic rings. The SMILES string of the molecule is COC(=O)CC(CC(=O)OC)(c1cc(C)c(O)c(C)c1)c1cc(C)c(O)c(C)c1. The number of esters is 2. The van der Waals surface area contributed by atoms with Gasteiger partial charge in [0.05, 0.1) is 27.1 Å². The molecule has 2 rings (SSSR count). The average molecular weight is 400 g/mol. The molecule has 0 amide bonds. The van der Waals surface area contributed by atoms with Gasteiger partial charge in [0.15, 0.2) is 0 Å². The van der Waals surface area contributed by atoms with Gasteiger partial charge in [0.2, 0.25) is 0 Å². The van der Waals surface area contributed by atoms with Crippen LogP contribution in [0, 0.1) is 27.7 Å². The first kappa shape index (κ1) is 22.3. The topological polar surface area (TPSA) is 93.1 Å². The minimum atomic E-state index is -1.09. The van der Waals surface area contributed by atoms with Crippen molar-refractivity contribution in [2.45, 2.75) is 46.0 Å². The number of ether oxygens (including phenoxy) is 2. The van der Waals surface area contributed by atoms with Crippen molar-refractivity contribution in [1.82, 2.24) is 0 Å². The predicted octanol–water partition coefficient (Wildman–Crippen LogP) is 3.74. The number of rotatable bonds is 6. The Kier molecular flexibility index (Phi) is 6.57. The van der Waals surface area contributed by atoms with Crippen LogP contribution in [0.15, 0.2) is 24.3 Å². The molecule has 6 heteroatoms. The van der Waals surface area contributed by atoms with E-state index in [0.717, 1.165) is 0 Å². The van der Waals surface area contributed by atoms with Gasteiger partial charge in [-0.2, -0.15) is 0 Å². The Morgan fingerprint density at radius 3 is 1.24 bits per heavy atom. The molecule has 29 heavy (non-hydrogen) atoms. The van der Waals surface area contributed by atoms with E-state index in [-0.39, 0.29) is 24.3 Å². The van der Waals surface area contributed by atoms with Crippen LogP contribution >= 0.6 is 0 Å². The zero-order valence-corrected chi connectivity index (χ0v) is 17.8. The van der Waals surface area contributed by atoms with Crippen molar-refractivity contribution in [3.63, 3.8) is 0 Å². The van der Waals surface area contributed by atoms with Crippen LogP contribution in [0.2, 0.25) is 0 Å². The number of aromatic hydroxyl groups is 2. The van der Waals surface area contributed by atoms with Crippen LogP contribution in [0.1, 0.15) is 46.2 Å². The summed E-state index contributed by atoms with van der Waals surface area (Å²) >= 11 is 0. The van der Waals surface area contributed by atoms with Gasteiger partial charge in [-0.05, 0) is 61.1 Å². The summed E-state index contributed by atoms with van der Waals surface area (Å²) < 4.78 is 9.89. The third kappa shape index (κ3) is 4.36. The van der Waals surface area contributed by atoms with Crippen molar-refractivity contribution in [3.8, 4) is 11.5 Å². The monoisotopic (exact) mass is 400 g/mol. The summed E-state index contributed by atoms with van der Waals surface area (Å²) in [5.41, 5.74) is 2.80.